The van der Waals surface area contributed by atoms with E-state index in [1.807, 2.05) is 36.4 Å². The molecule has 2 aromatic rings. The zero-order chi connectivity index (χ0) is 13.8. The number of carbonyl (C=O) groups excluding carboxylic acids is 1. The molecule has 0 fully saturated rings. The number of fused-ring (bicyclic) bond motifs is 1. The fraction of sp³-hybridized carbons (Fsp3) is 0.105. The highest BCUT2D eigenvalue weighted by Crippen LogP contribution is 2.21. The molecule has 0 bridgehead atoms. The minimum Gasteiger partial charge on any atom is -0.289 e. The van der Waals surface area contributed by atoms with E-state index >= 15 is 0 Å². The average Bonchev–Trinajstić information content (AvgIpc) is 2.53. The van der Waals surface area contributed by atoms with Crippen molar-refractivity contribution in [2.45, 2.75) is 12.8 Å². The fourth-order valence-corrected chi connectivity index (χ4v) is 2.47. The Kier molecular flexibility index (Phi) is 3.60. The van der Waals surface area contributed by atoms with Crippen LogP contribution in [0.2, 0.25) is 0 Å². The lowest BCUT2D eigenvalue weighted by Gasteiger charge is -2.14. The molecule has 0 saturated heterocycles. The van der Waals surface area contributed by atoms with Crippen LogP contribution in [-0.2, 0) is 12.8 Å². The second kappa shape index (κ2) is 5.70. The van der Waals surface area contributed by atoms with Crippen LogP contribution in [0.3, 0.4) is 0 Å². The Morgan fingerprint density at radius 1 is 0.900 bits per heavy atom. The molecule has 0 spiro atoms. The number of ketones is 1. The van der Waals surface area contributed by atoms with Gasteiger partial charge in [-0.05, 0) is 35.6 Å². The monoisotopic (exact) mass is 260 g/mol. The summed E-state index contributed by atoms with van der Waals surface area (Å²) in [5, 5.41) is 0. The van der Waals surface area contributed by atoms with Crippen LogP contribution in [0.25, 0.3) is 0 Å². The van der Waals surface area contributed by atoms with Crippen molar-refractivity contribution in [3.63, 3.8) is 0 Å². The molecule has 0 unspecified atom stereocenters. The summed E-state index contributed by atoms with van der Waals surface area (Å²) < 4.78 is 0. The average molecular weight is 260 g/mol. The first kappa shape index (κ1) is 12.6. The summed E-state index contributed by atoms with van der Waals surface area (Å²) in [4.78, 5) is 12.0. The molecule has 0 saturated carbocycles. The maximum absolute atomic E-state index is 12.0. The van der Waals surface area contributed by atoms with Gasteiger partial charge in [-0.15, -0.1) is 0 Å². The largest absolute Gasteiger partial charge is 0.289 e. The van der Waals surface area contributed by atoms with Gasteiger partial charge < -0.3 is 0 Å². The van der Waals surface area contributed by atoms with Crippen molar-refractivity contribution in [3.8, 4) is 0 Å². The van der Waals surface area contributed by atoms with Gasteiger partial charge in [0.1, 0.15) is 0 Å². The van der Waals surface area contributed by atoms with Gasteiger partial charge in [-0.25, -0.2) is 0 Å². The van der Waals surface area contributed by atoms with Gasteiger partial charge in [-0.2, -0.15) is 0 Å². The van der Waals surface area contributed by atoms with E-state index in [0.717, 1.165) is 18.4 Å². The van der Waals surface area contributed by atoms with Crippen LogP contribution >= 0.6 is 0 Å². The van der Waals surface area contributed by atoms with Gasteiger partial charge in [0.2, 0.25) is 0 Å². The third-order valence-electron chi connectivity index (χ3n) is 3.60. The Balaban J connectivity index is 1.72. The van der Waals surface area contributed by atoms with Crippen molar-refractivity contribution in [2.24, 2.45) is 0 Å². The van der Waals surface area contributed by atoms with Crippen molar-refractivity contribution >= 4 is 5.78 Å². The second-order valence-electron chi connectivity index (χ2n) is 4.99. The first-order chi connectivity index (χ1) is 9.83. The minimum atomic E-state index is 0.0605. The lowest BCUT2D eigenvalue weighted by atomic mass is 9.91. The van der Waals surface area contributed by atoms with Crippen molar-refractivity contribution < 1.29 is 4.79 Å². The van der Waals surface area contributed by atoms with Gasteiger partial charge in [-0.3, -0.25) is 4.79 Å². The smallest absolute Gasteiger partial charge is 0.185 e. The normalized spacial score (nSPS) is 13.9. The number of benzene rings is 2. The number of hydrogen-bond donors (Lipinski definition) is 0. The van der Waals surface area contributed by atoms with E-state index in [2.05, 4.69) is 30.3 Å². The molecule has 0 radical (unpaired) electrons. The zero-order valence-corrected chi connectivity index (χ0v) is 11.3. The molecule has 0 aromatic heterocycles. The van der Waals surface area contributed by atoms with Gasteiger partial charge in [-0.1, -0.05) is 66.7 Å². The fourth-order valence-electron chi connectivity index (χ4n) is 2.47. The van der Waals surface area contributed by atoms with E-state index in [0.29, 0.717) is 0 Å². The molecular formula is C19H16O. The molecule has 0 atom stereocenters. The Bertz CT molecular complexity index is 678. The molecule has 0 amide bonds. The second-order valence-corrected chi connectivity index (χ2v) is 4.99. The third kappa shape index (κ3) is 2.77. The van der Waals surface area contributed by atoms with Gasteiger partial charge in [0.05, 0.1) is 0 Å². The lowest BCUT2D eigenvalue weighted by Crippen LogP contribution is -2.02. The van der Waals surface area contributed by atoms with E-state index in [1.54, 1.807) is 6.08 Å². The van der Waals surface area contributed by atoms with Gasteiger partial charge in [0.15, 0.2) is 5.78 Å². The highest BCUT2D eigenvalue weighted by Gasteiger charge is 2.08. The van der Waals surface area contributed by atoms with Crippen molar-refractivity contribution in [1.29, 1.82) is 0 Å². The van der Waals surface area contributed by atoms with Crippen LogP contribution in [0.5, 0.6) is 0 Å². The molecule has 1 nitrogen and oxygen atoms in total. The number of carbonyl (C=O) groups is 1. The summed E-state index contributed by atoms with van der Waals surface area (Å²) in [7, 11) is 0. The molecule has 1 aliphatic rings. The van der Waals surface area contributed by atoms with Gasteiger partial charge in [0.25, 0.3) is 0 Å². The summed E-state index contributed by atoms with van der Waals surface area (Å²) in [6.45, 7) is 0. The van der Waals surface area contributed by atoms with E-state index in [4.69, 9.17) is 0 Å². The molecule has 1 heteroatoms. The lowest BCUT2D eigenvalue weighted by molar-refractivity contribution is 0.104. The molecule has 0 heterocycles. The predicted octanol–water partition coefficient (Wildman–Crippen LogP) is 4.15. The quantitative estimate of drug-likeness (QED) is 0.598. The maximum atomic E-state index is 12.0. The van der Waals surface area contributed by atoms with Crippen LogP contribution in [0, 0.1) is 0 Å². The molecule has 2 aromatic carbocycles. The molecule has 1 aliphatic carbocycles. The standard InChI is InChI=1S/C19H16O/c20-19(17-7-2-1-3-8-17)13-11-15-10-12-16-6-4-5-9-18(16)14-15/h1-11,13H,12,14H2/b13-11+. The Labute approximate surface area is 119 Å². The van der Waals surface area contributed by atoms with Crippen LogP contribution in [0.4, 0.5) is 0 Å². The SMILES string of the molecule is O=C(/C=C/C1=CCc2ccccc2C1)c1ccccc1. The summed E-state index contributed by atoms with van der Waals surface area (Å²) in [5.74, 6) is 0.0605. The number of rotatable bonds is 3. The van der Waals surface area contributed by atoms with Crippen molar-refractivity contribution in [2.75, 3.05) is 0 Å². The van der Waals surface area contributed by atoms with Crippen LogP contribution in [0.15, 0.2) is 78.4 Å². The van der Waals surface area contributed by atoms with Crippen LogP contribution in [-0.4, -0.2) is 5.78 Å². The maximum Gasteiger partial charge on any atom is 0.185 e. The molecule has 3 rings (SSSR count). The summed E-state index contributed by atoms with van der Waals surface area (Å²) in [6, 6.07) is 17.9. The highest BCUT2D eigenvalue weighted by molar-refractivity contribution is 6.04. The molecule has 20 heavy (non-hydrogen) atoms. The Hall–Kier alpha value is -2.41. The third-order valence-corrected chi connectivity index (χ3v) is 3.60. The minimum absolute atomic E-state index is 0.0605. The number of hydrogen-bond acceptors (Lipinski definition) is 1. The van der Waals surface area contributed by atoms with Crippen molar-refractivity contribution in [1.82, 2.24) is 0 Å². The number of allylic oxidation sites excluding steroid dienone is 4. The van der Waals surface area contributed by atoms with Gasteiger partial charge in [0, 0.05) is 5.56 Å². The molecular weight excluding hydrogens is 244 g/mol. The molecule has 98 valence electrons. The van der Waals surface area contributed by atoms with E-state index in [9.17, 15) is 4.79 Å². The Morgan fingerprint density at radius 2 is 1.60 bits per heavy atom. The summed E-state index contributed by atoms with van der Waals surface area (Å²) in [6.07, 6.45) is 7.70. The van der Waals surface area contributed by atoms with Crippen LogP contribution in [0.1, 0.15) is 21.5 Å². The van der Waals surface area contributed by atoms with E-state index in [-0.39, 0.29) is 5.78 Å². The van der Waals surface area contributed by atoms with E-state index < -0.39 is 0 Å². The Morgan fingerprint density at radius 3 is 2.40 bits per heavy atom. The van der Waals surface area contributed by atoms with Crippen molar-refractivity contribution in [3.05, 3.63) is 95.1 Å². The predicted molar refractivity (Wildman–Crippen MR) is 81.8 cm³/mol. The first-order valence-corrected chi connectivity index (χ1v) is 6.86. The van der Waals surface area contributed by atoms with Crippen LogP contribution < -0.4 is 0 Å². The van der Waals surface area contributed by atoms with Gasteiger partial charge >= 0.3 is 0 Å². The summed E-state index contributed by atoms with van der Waals surface area (Å²) >= 11 is 0. The first-order valence-electron chi connectivity index (χ1n) is 6.86. The van der Waals surface area contributed by atoms with E-state index in [1.165, 1.54) is 16.7 Å². The molecule has 0 N–H and O–H groups in total. The molecule has 0 aliphatic heterocycles. The topological polar surface area (TPSA) is 17.1 Å². The zero-order valence-electron chi connectivity index (χ0n) is 11.3. The highest BCUT2D eigenvalue weighted by atomic mass is 16.1. The summed E-state index contributed by atoms with van der Waals surface area (Å²) in [5.41, 5.74) is 4.70.